The van der Waals surface area contributed by atoms with Gasteiger partial charge in [0.1, 0.15) is 11.9 Å². The molecule has 2 rings (SSSR count). The van der Waals surface area contributed by atoms with E-state index >= 15 is 0 Å². The second-order valence-electron chi connectivity index (χ2n) is 3.23. The molecule has 4 heteroatoms. The number of benzene rings is 1. The van der Waals surface area contributed by atoms with Crippen molar-refractivity contribution < 1.29 is 4.39 Å². The third-order valence-corrected chi connectivity index (χ3v) is 3.03. The molecule has 0 aliphatic rings. The molecule has 0 fully saturated rings. The van der Waals surface area contributed by atoms with Gasteiger partial charge in [-0.3, -0.25) is 0 Å². The summed E-state index contributed by atoms with van der Waals surface area (Å²) in [5.41, 5.74) is 0.611. The fourth-order valence-corrected chi connectivity index (χ4v) is 2.09. The van der Waals surface area contributed by atoms with Crippen LogP contribution in [0.4, 0.5) is 10.1 Å². The van der Waals surface area contributed by atoms with Gasteiger partial charge in [0.25, 0.3) is 0 Å². The van der Waals surface area contributed by atoms with Gasteiger partial charge in [0.2, 0.25) is 0 Å². The molecule has 0 aliphatic heterocycles. The summed E-state index contributed by atoms with van der Waals surface area (Å²) < 4.78 is 12.9. The Labute approximate surface area is 97.0 Å². The molecule has 1 atom stereocenters. The highest BCUT2D eigenvalue weighted by Gasteiger charge is 2.10. The van der Waals surface area contributed by atoms with E-state index in [2.05, 4.69) is 11.4 Å². The van der Waals surface area contributed by atoms with Gasteiger partial charge in [0, 0.05) is 10.6 Å². The zero-order chi connectivity index (χ0) is 11.4. The summed E-state index contributed by atoms with van der Waals surface area (Å²) in [7, 11) is 0. The van der Waals surface area contributed by atoms with E-state index in [9.17, 15) is 4.39 Å². The summed E-state index contributed by atoms with van der Waals surface area (Å²) in [5, 5.41) is 13.9. The maximum Gasteiger partial charge on any atom is 0.149 e. The third kappa shape index (κ3) is 2.38. The molecule has 0 amide bonds. The minimum atomic E-state index is -0.429. The second kappa shape index (κ2) is 4.77. The maximum absolute atomic E-state index is 12.9. The Morgan fingerprint density at radius 1 is 1.31 bits per heavy atom. The highest BCUT2D eigenvalue weighted by Crippen LogP contribution is 2.23. The molecular weight excluding hydrogens is 223 g/mol. The van der Waals surface area contributed by atoms with Gasteiger partial charge in [-0.05, 0) is 29.6 Å². The molecule has 0 saturated carbocycles. The molecule has 0 saturated heterocycles. The van der Waals surface area contributed by atoms with Crippen molar-refractivity contribution in [3.63, 3.8) is 0 Å². The van der Waals surface area contributed by atoms with Gasteiger partial charge in [-0.1, -0.05) is 12.1 Å². The van der Waals surface area contributed by atoms with E-state index in [0.717, 1.165) is 4.88 Å². The van der Waals surface area contributed by atoms with Crippen molar-refractivity contribution in [3.8, 4) is 6.07 Å². The zero-order valence-corrected chi connectivity index (χ0v) is 9.17. The summed E-state index contributed by atoms with van der Waals surface area (Å²) >= 11 is 1.50. The van der Waals surface area contributed by atoms with E-state index in [4.69, 9.17) is 5.26 Å². The number of rotatable bonds is 3. The maximum atomic E-state index is 12.9. The highest BCUT2D eigenvalue weighted by atomic mass is 32.1. The molecule has 80 valence electrons. The van der Waals surface area contributed by atoms with Crippen LogP contribution in [-0.2, 0) is 0 Å². The molecule has 1 aromatic carbocycles. The summed E-state index contributed by atoms with van der Waals surface area (Å²) in [6, 6.07) is 11.6. The standard InChI is InChI=1S/C12H9FN2S/c13-9-3-1-4-10(7-9)15-11(8-14)12-5-2-6-16-12/h1-7,11,15H. The van der Waals surface area contributed by atoms with E-state index < -0.39 is 6.04 Å². The summed E-state index contributed by atoms with van der Waals surface area (Å²) in [5.74, 6) is -0.312. The Morgan fingerprint density at radius 2 is 2.19 bits per heavy atom. The lowest BCUT2D eigenvalue weighted by Crippen LogP contribution is -2.06. The monoisotopic (exact) mass is 232 g/mol. The molecule has 0 radical (unpaired) electrons. The summed E-state index contributed by atoms with van der Waals surface area (Å²) in [6.45, 7) is 0. The molecule has 1 unspecified atom stereocenters. The molecule has 1 heterocycles. The van der Waals surface area contributed by atoms with Crippen LogP contribution in [0.25, 0.3) is 0 Å². The SMILES string of the molecule is N#CC(Nc1cccc(F)c1)c1cccs1. The first-order valence-corrected chi connectivity index (χ1v) is 5.62. The van der Waals surface area contributed by atoms with Crippen molar-refractivity contribution in [2.45, 2.75) is 6.04 Å². The van der Waals surface area contributed by atoms with Crippen molar-refractivity contribution in [2.24, 2.45) is 0 Å². The Bertz CT molecular complexity index is 502. The van der Waals surface area contributed by atoms with Gasteiger partial charge in [0.15, 0.2) is 0 Å². The number of nitriles is 1. The fourth-order valence-electron chi connectivity index (χ4n) is 1.37. The molecule has 2 nitrogen and oxygen atoms in total. The van der Waals surface area contributed by atoms with Crippen LogP contribution in [-0.4, -0.2) is 0 Å². The van der Waals surface area contributed by atoms with Crippen LogP contribution in [0.5, 0.6) is 0 Å². The normalized spacial score (nSPS) is 11.8. The largest absolute Gasteiger partial charge is 0.365 e. The zero-order valence-electron chi connectivity index (χ0n) is 8.35. The molecule has 1 aromatic heterocycles. The Hall–Kier alpha value is -1.86. The number of nitrogens with one attached hydrogen (secondary N) is 1. The minimum Gasteiger partial charge on any atom is -0.365 e. The van der Waals surface area contributed by atoms with Crippen molar-refractivity contribution in [2.75, 3.05) is 5.32 Å². The summed E-state index contributed by atoms with van der Waals surface area (Å²) in [6.07, 6.45) is 0. The van der Waals surface area contributed by atoms with E-state index in [-0.39, 0.29) is 5.82 Å². The molecule has 0 bridgehead atoms. The third-order valence-electron chi connectivity index (χ3n) is 2.09. The van der Waals surface area contributed by atoms with Gasteiger partial charge in [-0.25, -0.2) is 4.39 Å². The number of thiophene rings is 1. The molecule has 1 N–H and O–H groups in total. The van der Waals surface area contributed by atoms with Crippen molar-refractivity contribution in [1.29, 1.82) is 5.26 Å². The van der Waals surface area contributed by atoms with Crippen LogP contribution < -0.4 is 5.32 Å². The first-order chi connectivity index (χ1) is 7.79. The lowest BCUT2D eigenvalue weighted by atomic mass is 10.2. The minimum absolute atomic E-state index is 0.312. The first-order valence-electron chi connectivity index (χ1n) is 4.75. The molecule has 16 heavy (non-hydrogen) atoms. The average molecular weight is 232 g/mol. The van der Waals surface area contributed by atoms with Crippen molar-refractivity contribution >= 4 is 17.0 Å². The lowest BCUT2D eigenvalue weighted by Gasteiger charge is -2.10. The quantitative estimate of drug-likeness (QED) is 0.878. The predicted octanol–water partition coefficient (Wildman–Crippen LogP) is 3.56. The van der Waals surface area contributed by atoms with Gasteiger partial charge < -0.3 is 5.32 Å². The fraction of sp³-hybridized carbons (Fsp3) is 0.0833. The highest BCUT2D eigenvalue weighted by molar-refractivity contribution is 7.10. The van der Waals surface area contributed by atoms with Crippen LogP contribution in [0.2, 0.25) is 0 Å². The first kappa shape index (κ1) is 10.7. The molecular formula is C12H9FN2S. The Kier molecular flexibility index (Phi) is 3.18. The van der Waals surface area contributed by atoms with Gasteiger partial charge >= 0.3 is 0 Å². The van der Waals surface area contributed by atoms with Crippen LogP contribution in [0.1, 0.15) is 10.9 Å². The number of nitrogens with zero attached hydrogens (tertiary/aromatic N) is 1. The van der Waals surface area contributed by atoms with Crippen LogP contribution in [0.3, 0.4) is 0 Å². The van der Waals surface area contributed by atoms with Crippen LogP contribution >= 0.6 is 11.3 Å². The van der Waals surface area contributed by atoms with E-state index in [1.807, 2.05) is 17.5 Å². The number of hydrogen-bond donors (Lipinski definition) is 1. The molecule has 0 aliphatic carbocycles. The molecule has 2 aromatic rings. The van der Waals surface area contributed by atoms with Gasteiger partial charge in [-0.2, -0.15) is 5.26 Å². The molecule has 0 spiro atoms. The summed E-state index contributed by atoms with van der Waals surface area (Å²) in [4.78, 5) is 0.923. The van der Waals surface area contributed by atoms with Crippen LogP contribution in [0.15, 0.2) is 41.8 Å². The smallest absolute Gasteiger partial charge is 0.149 e. The van der Waals surface area contributed by atoms with Gasteiger partial charge in [-0.15, -0.1) is 11.3 Å². The Morgan fingerprint density at radius 3 is 2.81 bits per heavy atom. The Balaban J connectivity index is 2.17. The number of halogens is 1. The van der Waals surface area contributed by atoms with Crippen molar-refractivity contribution in [3.05, 3.63) is 52.5 Å². The van der Waals surface area contributed by atoms with E-state index in [1.54, 1.807) is 12.1 Å². The topological polar surface area (TPSA) is 35.8 Å². The average Bonchev–Trinajstić information content (AvgIpc) is 2.79. The number of anilines is 1. The van der Waals surface area contributed by atoms with Crippen molar-refractivity contribution in [1.82, 2.24) is 0 Å². The van der Waals surface area contributed by atoms with E-state index in [0.29, 0.717) is 5.69 Å². The number of hydrogen-bond acceptors (Lipinski definition) is 3. The predicted molar refractivity (Wildman–Crippen MR) is 62.7 cm³/mol. The second-order valence-corrected chi connectivity index (χ2v) is 4.21. The van der Waals surface area contributed by atoms with E-state index in [1.165, 1.54) is 23.5 Å². The van der Waals surface area contributed by atoms with Gasteiger partial charge in [0.05, 0.1) is 6.07 Å². The lowest BCUT2D eigenvalue weighted by molar-refractivity contribution is 0.628. The van der Waals surface area contributed by atoms with Crippen LogP contribution in [0, 0.1) is 17.1 Å².